The fraction of sp³-hybridized carbons (Fsp3) is 0.440. The lowest BCUT2D eigenvalue weighted by Crippen LogP contribution is -2.45. The van der Waals surface area contributed by atoms with E-state index in [1.807, 2.05) is 27.7 Å². The molecule has 3 aromatic rings. The number of halogens is 4. The van der Waals surface area contributed by atoms with Gasteiger partial charge in [0, 0.05) is 24.2 Å². The number of ether oxygens (including phenoxy) is 2. The highest BCUT2D eigenvalue weighted by molar-refractivity contribution is 6.33. The highest BCUT2D eigenvalue weighted by Crippen LogP contribution is 2.33. The molecule has 0 aromatic carbocycles. The first-order chi connectivity index (χ1) is 18.2. The smallest absolute Gasteiger partial charge is 0.433 e. The van der Waals surface area contributed by atoms with Crippen LogP contribution in [-0.2, 0) is 15.7 Å². The van der Waals surface area contributed by atoms with Gasteiger partial charge in [0.15, 0.2) is 5.82 Å². The molecule has 0 bridgehead atoms. The lowest BCUT2D eigenvalue weighted by Gasteiger charge is -2.31. The molecule has 4 heterocycles. The Labute approximate surface area is 228 Å². The third-order valence-corrected chi connectivity index (χ3v) is 6.00. The van der Waals surface area contributed by atoms with Crippen molar-refractivity contribution in [2.24, 2.45) is 0 Å². The van der Waals surface area contributed by atoms with Crippen LogP contribution in [0.3, 0.4) is 0 Å². The minimum Gasteiger partial charge on any atom is -0.447 e. The fourth-order valence-electron chi connectivity index (χ4n) is 3.99. The Bertz CT molecular complexity index is 1340. The van der Waals surface area contributed by atoms with Crippen molar-refractivity contribution in [3.63, 3.8) is 0 Å². The largest absolute Gasteiger partial charge is 0.447 e. The van der Waals surface area contributed by atoms with Gasteiger partial charge in [-0.15, -0.1) is 0 Å². The maximum atomic E-state index is 13.0. The molecule has 0 unspecified atom stereocenters. The number of nitrogens with one attached hydrogen (secondary N) is 1. The summed E-state index contributed by atoms with van der Waals surface area (Å²) in [6, 6.07) is 1.42. The third kappa shape index (κ3) is 6.71. The van der Waals surface area contributed by atoms with E-state index < -0.39 is 35.6 Å². The summed E-state index contributed by atoms with van der Waals surface area (Å²) in [5, 5.41) is 3.21. The average Bonchev–Trinajstić information content (AvgIpc) is 3.25. The Morgan fingerprint density at radius 3 is 2.44 bits per heavy atom. The first-order valence-corrected chi connectivity index (χ1v) is 12.4. The van der Waals surface area contributed by atoms with Crippen LogP contribution >= 0.6 is 11.6 Å². The number of rotatable bonds is 7. The van der Waals surface area contributed by atoms with E-state index in [1.165, 1.54) is 29.6 Å². The molecule has 0 saturated carbocycles. The van der Waals surface area contributed by atoms with Gasteiger partial charge in [0.05, 0.1) is 23.9 Å². The number of nitrogens with zero attached hydrogens (tertiary/aromatic N) is 6. The maximum absolute atomic E-state index is 13.0. The Hall–Kier alpha value is -3.58. The van der Waals surface area contributed by atoms with Crippen LogP contribution in [0, 0.1) is 0 Å². The molecule has 208 valence electrons. The van der Waals surface area contributed by atoms with E-state index in [0.29, 0.717) is 11.4 Å². The van der Waals surface area contributed by atoms with E-state index in [4.69, 9.17) is 21.1 Å². The average molecular weight is 566 g/mol. The van der Waals surface area contributed by atoms with Gasteiger partial charge in [-0.25, -0.2) is 19.7 Å². The predicted molar refractivity (Wildman–Crippen MR) is 137 cm³/mol. The van der Waals surface area contributed by atoms with Crippen molar-refractivity contribution in [3.8, 4) is 11.1 Å². The second-order valence-corrected chi connectivity index (χ2v) is 10.3. The van der Waals surface area contributed by atoms with Crippen molar-refractivity contribution < 1.29 is 27.4 Å². The number of carbonyl (C=O) groups is 1. The summed E-state index contributed by atoms with van der Waals surface area (Å²) in [6.45, 7) is 9.46. The molecule has 3 atom stereocenters. The standard InChI is InChI=1S/C25H27ClF3N7O3/c1-13(20-31-9-16(10-32-20)15-6-7-30-19(8-15)25(27,28)29)34-22-33-11-17(26)21(35-22)36-18(12-38-23(36)37)14(2)39-24(3,4)5/h6-11,13-14,18H,12H2,1-5H3,(H,33,34,35)/t13-,14+,18+/m0/s1. The summed E-state index contributed by atoms with van der Waals surface area (Å²) in [6.07, 6.45) is -0.247. The number of hydrogen-bond acceptors (Lipinski definition) is 9. The normalized spacial score (nSPS) is 17.6. The van der Waals surface area contributed by atoms with Gasteiger partial charge < -0.3 is 14.8 Å². The number of amides is 1. The quantitative estimate of drug-likeness (QED) is 0.385. The molecule has 39 heavy (non-hydrogen) atoms. The summed E-state index contributed by atoms with van der Waals surface area (Å²) < 4.78 is 50.3. The zero-order valence-corrected chi connectivity index (χ0v) is 22.6. The number of pyridine rings is 1. The van der Waals surface area contributed by atoms with Crippen LogP contribution in [0.5, 0.6) is 0 Å². The second-order valence-electron chi connectivity index (χ2n) is 9.94. The monoisotopic (exact) mass is 565 g/mol. The summed E-state index contributed by atoms with van der Waals surface area (Å²) in [5.74, 6) is 0.656. The minimum absolute atomic E-state index is 0.109. The molecular formula is C25H27ClF3N7O3. The van der Waals surface area contributed by atoms with Crippen molar-refractivity contribution in [2.75, 3.05) is 16.8 Å². The second kappa shape index (κ2) is 10.9. The van der Waals surface area contributed by atoms with Gasteiger partial charge in [0.2, 0.25) is 5.95 Å². The van der Waals surface area contributed by atoms with Crippen molar-refractivity contribution in [2.45, 2.75) is 64.6 Å². The number of hydrogen-bond donors (Lipinski definition) is 1. The topological polar surface area (TPSA) is 115 Å². The third-order valence-electron chi connectivity index (χ3n) is 5.73. The lowest BCUT2D eigenvalue weighted by molar-refractivity contribution is -0.141. The highest BCUT2D eigenvalue weighted by Gasteiger charge is 2.41. The summed E-state index contributed by atoms with van der Waals surface area (Å²) in [7, 11) is 0. The molecule has 3 aromatic heterocycles. The van der Waals surface area contributed by atoms with Crippen LogP contribution in [0.15, 0.2) is 36.9 Å². The SMILES string of the molecule is C[C@H](Nc1ncc(Cl)c(N2C(=O)OC[C@@H]2[C@@H](C)OC(C)(C)C)n1)c1ncc(-c2ccnc(C(F)(F)F)c2)cn1. The van der Waals surface area contributed by atoms with Crippen LogP contribution in [0.4, 0.5) is 29.7 Å². The molecule has 1 amide bonds. The van der Waals surface area contributed by atoms with E-state index in [1.54, 1.807) is 6.92 Å². The Morgan fingerprint density at radius 2 is 1.79 bits per heavy atom. The molecule has 1 aliphatic rings. The molecule has 1 fully saturated rings. The van der Waals surface area contributed by atoms with Gasteiger partial charge in [-0.2, -0.15) is 18.2 Å². The Kier molecular flexibility index (Phi) is 7.94. The molecular weight excluding hydrogens is 539 g/mol. The minimum atomic E-state index is -4.56. The number of aromatic nitrogens is 5. The van der Waals surface area contributed by atoms with Crippen LogP contribution in [0.1, 0.15) is 52.2 Å². The summed E-state index contributed by atoms with van der Waals surface area (Å²) in [5.41, 5.74) is -0.763. The van der Waals surface area contributed by atoms with E-state index in [9.17, 15) is 18.0 Å². The van der Waals surface area contributed by atoms with Gasteiger partial charge in [0.25, 0.3) is 0 Å². The molecule has 0 aliphatic carbocycles. The summed E-state index contributed by atoms with van der Waals surface area (Å²) >= 11 is 6.37. The molecule has 1 saturated heterocycles. The highest BCUT2D eigenvalue weighted by atomic mass is 35.5. The van der Waals surface area contributed by atoms with Gasteiger partial charge in [-0.1, -0.05) is 11.6 Å². The lowest BCUT2D eigenvalue weighted by atomic mass is 10.1. The zero-order valence-electron chi connectivity index (χ0n) is 21.8. The Balaban J connectivity index is 1.52. The maximum Gasteiger partial charge on any atom is 0.433 e. The van der Waals surface area contributed by atoms with E-state index >= 15 is 0 Å². The van der Waals surface area contributed by atoms with E-state index in [2.05, 4.69) is 30.2 Å². The van der Waals surface area contributed by atoms with Crippen LogP contribution in [0.25, 0.3) is 11.1 Å². The van der Waals surface area contributed by atoms with Gasteiger partial charge in [0.1, 0.15) is 29.2 Å². The van der Waals surface area contributed by atoms with E-state index in [0.717, 1.165) is 12.3 Å². The van der Waals surface area contributed by atoms with Gasteiger partial charge in [-0.3, -0.25) is 9.88 Å². The number of anilines is 2. The fourth-order valence-corrected chi connectivity index (χ4v) is 4.17. The first kappa shape index (κ1) is 28.4. The molecule has 14 heteroatoms. The molecule has 1 N–H and O–H groups in total. The molecule has 4 rings (SSSR count). The Morgan fingerprint density at radius 1 is 1.10 bits per heavy atom. The van der Waals surface area contributed by atoms with Crippen molar-refractivity contribution >= 4 is 29.5 Å². The number of carbonyl (C=O) groups excluding carboxylic acids is 1. The molecule has 0 spiro atoms. The molecule has 1 aliphatic heterocycles. The number of cyclic esters (lactones) is 1. The molecule has 10 nitrogen and oxygen atoms in total. The van der Waals surface area contributed by atoms with Crippen molar-refractivity contribution in [1.82, 2.24) is 24.9 Å². The van der Waals surface area contributed by atoms with Gasteiger partial charge >= 0.3 is 12.3 Å². The summed E-state index contributed by atoms with van der Waals surface area (Å²) in [4.78, 5) is 34.5. The first-order valence-electron chi connectivity index (χ1n) is 12.0. The van der Waals surface area contributed by atoms with Crippen molar-refractivity contribution in [1.29, 1.82) is 0 Å². The van der Waals surface area contributed by atoms with E-state index in [-0.39, 0.29) is 35.1 Å². The predicted octanol–water partition coefficient (Wildman–Crippen LogP) is 5.70. The molecule has 0 radical (unpaired) electrons. The van der Waals surface area contributed by atoms with Crippen LogP contribution in [-0.4, -0.2) is 55.4 Å². The van der Waals surface area contributed by atoms with Crippen molar-refractivity contribution in [3.05, 3.63) is 53.5 Å². The number of alkyl halides is 3. The van der Waals surface area contributed by atoms with Gasteiger partial charge in [-0.05, 0) is 52.3 Å². The van der Waals surface area contributed by atoms with Crippen LogP contribution in [0.2, 0.25) is 5.02 Å². The zero-order chi connectivity index (χ0) is 28.5. The van der Waals surface area contributed by atoms with Crippen LogP contribution < -0.4 is 10.2 Å².